The van der Waals surface area contributed by atoms with Crippen LogP contribution in [0, 0.1) is 0 Å². The Bertz CT molecular complexity index is 1120. The van der Waals surface area contributed by atoms with E-state index in [2.05, 4.69) is 44.3 Å². The molecule has 60 heavy (non-hydrogen) atoms. The van der Waals surface area contributed by atoms with Gasteiger partial charge in [-0.25, -0.2) is 0 Å². The first-order chi connectivity index (χ1) is 29.5. The minimum atomic E-state index is -0.796. The maximum absolute atomic E-state index is 13.2. The SMILES string of the molecule is CC\C=C/C=C/C=C/C=C\C=C\C=C\CCCCCC(=O)OC(CCCCCCCCCCC)CC(=O)NC(CO)C(O)CCCCCCCCCCCCCCCCC. The molecule has 0 rings (SSSR count). The van der Waals surface area contributed by atoms with Gasteiger partial charge in [-0.3, -0.25) is 9.59 Å². The van der Waals surface area contributed by atoms with Crippen LogP contribution in [0.1, 0.15) is 233 Å². The van der Waals surface area contributed by atoms with Crippen LogP contribution >= 0.6 is 0 Å². The van der Waals surface area contributed by atoms with Crippen molar-refractivity contribution < 1.29 is 24.5 Å². The Labute approximate surface area is 371 Å². The zero-order valence-electron chi connectivity index (χ0n) is 39.3. The highest BCUT2D eigenvalue weighted by Crippen LogP contribution is 2.18. The number of esters is 1. The topological polar surface area (TPSA) is 95.9 Å². The molecule has 0 aromatic carbocycles. The second-order valence-corrected chi connectivity index (χ2v) is 17.0. The number of allylic oxidation sites excluding steroid dienone is 12. The van der Waals surface area contributed by atoms with Gasteiger partial charge in [0.05, 0.1) is 25.2 Å². The molecular weight excluding hydrogens is 743 g/mol. The zero-order valence-corrected chi connectivity index (χ0v) is 39.3. The highest BCUT2D eigenvalue weighted by atomic mass is 16.5. The van der Waals surface area contributed by atoms with E-state index in [0.29, 0.717) is 19.3 Å². The number of rotatable bonds is 44. The molecule has 0 bridgehead atoms. The fraction of sp³-hybridized carbons (Fsp3) is 0.741. The van der Waals surface area contributed by atoms with Crippen molar-refractivity contribution in [3.63, 3.8) is 0 Å². The van der Waals surface area contributed by atoms with Gasteiger partial charge in [0.25, 0.3) is 0 Å². The van der Waals surface area contributed by atoms with E-state index in [0.717, 1.165) is 70.6 Å². The van der Waals surface area contributed by atoms with E-state index in [1.165, 1.54) is 116 Å². The molecule has 3 atom stereocenters. The third kappa shape index (κ3) is 42.0. The first kappa shape index (κ1) is 57.3. The summed E-state index contributed by atoms with van der Waals surface area (Å²) >= 11 is 0. The fourth-order valence-corrected chi connectivity index (χ4v) is 7.40. The molecule has 3 N–H and O–H groups in total. The number of amides is 1. The zero-order chi connectivity index (χ0) is 43.8. The molecule has 6 heteroatoms. The Balaban J connectivity index is 4.55. The summed E-state index contributed by atoms with van der Waals surface area (Å²) in [5.74, 6) is -0.526. The van der Waals surface area contributed by atoms with Gasteiger partial charge in [0, 0.05) is 6.42 Å². The molecule has 0 aliphatic heterocycles. The average Bonchev–Trinajstić information content (AvgIpc) is 3.24. The molecule has 0 aromatic rings. The maximum atomic E-state index is 13.2. The van der Waals surface area contributed by atoms with Crippen molar-refractivity contribution in [2.24, 2.45) is 0 Å². The number of aliphatic hydroxyl groups excluding tert-OH is 2. The van der Waals surface area contributed by atoms with Gasteiger partial charge in [-0.1, -0.05) is 248 Å². The van der Waals surface area contributed by atoms with E-state index in [1.54, 1.807) is 0 Å². The molecule has 1 amide bonds. The van der Waals surface area contributed by atoms with Crippen molar-refractivity contribution in [1.82, 2.24) is 5.32 Å². The van der Waals surface area contributed by atoms with E-state index >= 15 is 0 Å². The van der Waals surface area contributed by atoms with Gasteiger partial charge in [-0.15, -0.1) is 0 Å². The molecule has 0 fully saturated rings. The summed E-state index contributed by atoms with van der Waals surface area (Å²) in [6.07, 6.45) is 59.6. The van der Waals surface area contributed by atoms with Gasteiger partial charge >= 0.3 is 5.97 Å². The van der Waals surface area contributed by atoms with Crippen LogP contribution in [-0.2, 0) is 14.3 Å². The van der Waals surface area contributed by atoms with Gasteiger partial charge in [-0.05, 0) is 44.9 Å². The molecule has 0 aliphatic rings. The lowest BCUT2D eigenvalue weighted by Gasteiger charge is -2.24. The molecule has 0 aliphatic carbocycles. The number of carbonyl (C=O) groups excluding carboxylic acids is 2. The largest absolute Gasteiger partial charge is 0.462 e. The predicted molar refractivity (Wildman–Crippen MR) is 259 cm³/mol. The number of unbranched alkanes of at least 4 members (excludes halogenated alkanes) is 25. The number of hydrogen-bond acceptors (Lipinski definition) is 5. The molecule has 0 aromatic heterocycles. The molecule has 6 nitrogen and oxygen atoms in total. The van der Waals surface area contributed by atoms with E-state index in [-0.39, 0.29) is 24.9 Å². The van der Waals surface area contributed by atoms with Crippen molar-refractivity contribution >= 4 is 11.9 Å². The Kier molecular flexibility index (Phi) is 45.2. The Morgan fingerprint density at radius 1 is 0.500 bits per heavy atom. The van der Waals surface area contributed by atoms with Crippen LogP contribution in [0.4, 0.5) is 0 Å². The summed E-state index contributed by atoms with van der Waals surface area (Å²) < 4.78 is 5.89. The number of hydrogen-bond donors (Lipinski definition) is 3. The Morgan fingerprint density at radius 2 is 0.900 bits per heavy atom. The van der Waals surface area contributed by atoms with E-state index < -0.39 is 18.2 Å². The number of nitrogens with one attached hydrogen (secondary N) is 1. The minimum Gasteiger partial charge on any atom is -0.462 e. The first-order valence-electron chi connectivity index (χ1n) is 25.2. The predicted octanol–water partition coefficient (Wildman–Crippen LogP) is 15.0. The molecule has 3 unspecified atom stereocenters. The third-order valence-electron chi connectivity index (χ3n) is 11.2. The van der Waals surface area contributed by atoms with Crippen LogP contribution in [0.25, 0.3) is 0 Å². The third-order valence-corrected chi connectivity index (χ3v) is 11.2. The van der Waals surface area contributed by atoms with Crippen LogP contribution in [0.5, 0.6) is 0 Å². The maximum Gasteiger partial charge on any atom is 0.306 e. The van der Waals surface area contributed by atoms with E-state index in [1.807, 2.05) is 54.7 Å². The van der Waals surface area contributed by atoms with Crippen LogP contribution in [0.2, 0.25) is 0 Å². The van der Waals surface area contributed by atoms with Crippen molar-refractivity contribution in [3.8, 4) is 0 Å². The lowest BCUT2D eigenvalue weighted by atomic mass is 10.0. The monoisotopic (exact) mass is 838 g/mol. The first-order valence-corrected chi connectivity index (χ1v) is 25.2. The highest BCUT2D eigenvalue weighted by Gasteiger charge is 2.24. The summed E-state index contributed by atoms with van der Waals surface area (Å²) in [5, 5.41) is 23.7. The van der Waals surface area contributed by atoms with Gasteiger partial charge in [0.2, 0.25) is 5.91 Å². The fourth-order valence-electron chi connectivity index (χ4n) is 7.40. The van der Waals surface area contributed by atoms with Crippen LogP contribution in [-0.4, -0.2) is 46.9 Å². The number of ether oxygens (including phenoxy) is 1. The van der Waals surface area contributed by atoms with Crippen molar-refractivity contribution in [2.75, 3.05) is 6.61 Å². The lowest BCUT2D eigenvalue weighted by Crippen LogP contribution is -2.46. The second kappa shape index (κ2) is 47.4. The summed E-state index contributed by atoms with van der Waals surface area (Å²) in [7, 11) is 0. The molecule has 346 valence electrons. The summed E-state index contributed by atoms with van der Waals surface area (Å²) in [6.45, 7) is 6.31. The van der Waals surface area contributed by atoms with E-state index in [4.69, 9.17) is 4.74 Å². The molecule has 0 radical (unpaired) electrons. The molecule has 0 spiro atoms. The molecule has 0 saturated carbocycles. The Morgan fingerprint density at radius 3 is 1.35 bits per heavy atom. The van der Waals surface area contributed by atoms with Crippen molar-refractivity contribution in [2.45, 2.75) is 251 Å². The van der Waals surface area contributed by atoms with Gasteiger partial charge in [0.15, 0.2) is 0 Å². The van der Waals surface area contributed by atoms with Gasteiger partial charge < -0.3 is 20.3 Å². The average molecular weight is 838 g/mol. The molecule has 0 heterocycles. The van der Waals surface area contributed by atoms with Crippen molar-refractivity contribution in [1.29, 1.82) is 0 Å². The summed E-state index contributed by atoms with van der Waals surface area (Å²) in [5.41, 5.74) is 0. The van der Waals surface area contributed by atoms with Gasteiger partial charge in [0.1, 0.15) is 6.10 Å². The van der Waals surface area contributed by atoms with Gasteiger partial charge in [-0.2, -0.15) is 0 Å². The number of carbonyl (C=O) groups is 2. The lowest BCUT2D eigenvalue weighted by molar-refractivity contribution is -0.151. The smallest absolute Gasteiger partial charge is 0.306 e. The second-order valence-electron chi connectivity index (χ2n) is 17.0. The standard InChI is InChI=1S/C54H95NO5/c1-4-7-10-13-16-19-21-23-25-26-28-30-32-35-38-41-44-47-54(59)60-50(45-42-39-36-33-18-15-12-9-6-3)48-53(58)55-51(49-56)52(57)46-43-40-37-34-31-29-27-24-22-20-17-14-11-8-5-2/h7,10,13,16,19,21,23,25-26,28,30,32,50-52,56-57H,4-6,8-9,11-12,14-15,17-18,20,22,24,27,29,31,33-49H2,1-3H3,(H,55,58)/b10-7-,16-13+,21-19+,25-23-,28-26+,32-30+. The molecular formula is C54H95NO5. The quantitative estimate of drug-likeness (QED) is 0.0323. The Hall–Kier alpha value is -2.70. The highest BCUT2D eigenvalue weighted by molar-refractivity contribution is 5.77. The number of aliphatic hydroxyl groups is 2. The van der Waals surface area contributed by atoms with Crippen LogP contribution in [0.3, 0.4) is 0 Å². The van der Waals surface area contributed by atoms with Crippen LogP contribution in [0.15, 0.2) is 72.9 Å². The van der Waals surface area contributed by atoms with Crippen molar-refractivity contribution in [3.05, 3.63) is 72.9 Å². The summed E-state index contributed by atoms with van der Waals surface area (Å²) in [4.78, 5) is 26.0. The van der Waals surface area contributed by atoms with Crippen LogP contribution < -0.4 is 5.32 Å². The molecule has 0 saturated heterocycles. The normalized spacial score (nSPS) is 13.9. The minimum absolute atomic E-state index is 0.0580. The summed E-state index contributed by atoms with van der Waals surface area (Å²) in [6, 6.07) is -0.711. The van der Waals surface area contributed by atoms with E-state index in [9.17, 15) is 19.8 Å².